The minimum absolute atomic E-state index is 0.319. The summed E-state index contributed by atoms with van der Waals surface area (Å²) in [6.45, 7) is 1.35. The lowest BCUT2D eigenvalue weighted by atomic mass is 10.3. The van der Waals surface area contributed by atoms with Gasteiger partial charge in [0.2, 0.25) is 0 Å². The van der Waals surface area contributed by atoms with E-state index >= 15 is 0 Å². The molecular formula is C7H10O3. The van der Waals surface area contributed by atoms with Crippen LogP contribution >= 0.6 is 0 Å². The molecule has 0 saturated carbocycles. The summed E-state index contributed by atoms with van der Waals surface area (Å²) in [4.78, 5) is 10.4. The summed E-state index contributed by atoms with van der Waals surface area (Å²) in [6, 6.07) is 0. The molecule has 0 heterocycles. The average Bonchev–Trinajstić information content (AvgIpc) is 2.13. The highest BCUT2D eigenvalue weighted by atomic mass is 16.5. The fourth-order valence-electron chi connectivity index (χ4n) is 0.941. The molecule has 0 aromatic heterocycles. The lowest BCUT2D eigenvalue weighted by Gasteiger charge is -1.97. The Morgan fingerprint density at radius 1 is 1.90 bits per heavy atom. The van der Waals surface area contributed by atoms with E-state index in [1.54, 1.807) is 6.08 Å². The molecule has 1 rings (SSSR count). The topological polar surface area (TPSA) is 46.5 Å². The lowest BCUT2D eigenvalue weighted by Crippen LogP contribution is -1.96. The highest BCUT2D eigenvalue weighted by Gasteiger charge is 2.14. The molecule has 0 aromatic rings. The van der Waals surface area contributed by atoms with Gasteiger partial charge in [0.25, 0.3) is 0 Å². The van der Waals surface area contributed by atoms with Crippen molar-refractivity contribution in [3.63, 3.8) is 0 Å². The first-order chi connectivity index (χ1) is 4.68. The molecule has 0 aromatic carbocycles. The first kappa shape index (κ1) is 7.28. The van der Waals surface area contributed by atoms with Crippen molar-refractivity contribution in [3.05, 3.63) is 11.8 Å². The molecule has 3 nitrogen and oxygen atoms in total. The second kappa shape index (κ2) is 2.84. The van der Waals surface area contributed by atoms with Crippen molar-refractivity contribution in [3.8, 4) is 0 Å². The van der Waals surface area contributed by atoms with Crippen LogP contribution in [0.15, 0.2) is 11.8 Å². The van der Waals surface area contributed by atoms with Crippen molar-refractivity contribution in [1.82, 2.24) is 0 Å². The van der Waals surface area contributed by atoms with E-state index in [9.17, 15) is 4.79 Å². The molecule has 1 aliphatic carbocycles. The number of allylic oxidation sites excluding steroid dienone is 1. The van der Waals surface area contributed by atoms with Crippen molar-refractivity contribution in [2.45, 2.75) is 25.9 Å². The van der Waals surface area contributed by atoms with E-state index < -0.39 is 6.10 Å². The zero-order valence-corrected chi connectivity index (χ0v) is 5.83. The number of carbonyl (C=O) groups excluding carboxylic acids is 1. The number of rotatable bonds is 1. The van der Waals surface area contributed by atoms with Crippen LogP contribution in [0.25, 0.3) is 0 Å². The van der Waals surface area contributed by atoms with E-state index in [1.165, 1.54) is 6.92 Å². The van der Waals surface area contributed by atoms with E-state index in [1.807, 2.05) is 0 Å². The average molecular weight is 142 g/mol. The Hall–Kier alpha value is -0.830. The van der Waals surface area contributed by atoms with Crippen LogP contribution < -0.4 is 0 Å². The van der Waals surface area contributed by atoms with Gasteiger partial charge in [-0.3, -0.25) is 4.79 Å². The summed E-state index contributed by atoms with van der Waals surface area (Å²) in [5.41, 5.74) is 0. The first-order valence-corrected chi connectivity index (χ1v) is 3.25. The van der Waals surface area contributed by atoms with Gasteiger partial charge in [0, 0.05) is 13.3 Å². The summed E-state index contributed by atoms with van der Waals surface area (Å²) in [5, 5.41) is 8.94. The Bertz CT molecular complexity index is 172. The van der Waals surface area contributed by atoms with Crippen molar-refractivity contribution in [2.75, 3.05) is 0 Å². The molecule has 0 unspecified atom stereocenters. The van der Waals surface area contributed by atoms with Gasteiger partial charge in [0.15, 0.2) is 0 Å². The van der Waals surface area contributed by atoms with Crippen LogP contribution in [0.1, 0.15) is 19.8 Å². The van der Waals surface area contributed by atoms with E-state index in [-0.39, 0.29) is 5.97 Å². The summed E-state index contributed by atoms with van der Waals surface area (Å²) < 4.78 is 4.74. The molecule has 0 aliphatic heterocycles. The van der Waals surface area contributed by atoms with Crippen LogP contribution in [0.2, 0.25) is 0 Å². The van der Waals surface area contributed by atoms with Crippen LogP contribution in [0.4, 0.5) is 0 Å². The fourth-order valence-corrected chi connectivity index (χ4v) is 0.941. The number of carbonyl (C=O) groups is 1. The molecule has 56 valence electrons. The number of hydrogen-bond acceptors (Lipinski definition) is 3. The molecule has 1 aliphatic rings. The molecule has 0 radical (unpaired) electrons. The zero-order chi connectivity index (χ0) is 7.56. The van der Waals surface area contributed by atoms with Crippen molar-refractivity contribution < 1.29 is 14.6 Å². The smallest absolute Gasteiger partial charge is 0.307 e. The molecule has 0 spiro atoms. The van der Waals surface area contributed by atoms with Gasteiger partial charge in [-0.15, -0.1) is 0 Å². The fraction of sp³-hybridized carbons (Fsp3) is 0.571. The SMILES string of the molecule is CC(=O)OC1=C[C@@H](O)CC1. The minimum Gasteiger partial charge on any atom is -0.432 e. The van der Waals surface area contributed by atoms with E-state index in [4.69, 9.17) is 9.84 Å². The van der Waals surface area contributed by atoms with Gasteiger partial charge >= 0.3 is 5.97 Å². The molecule has 3 heteroatoms. The summed E-state index contributed by atoms with van der Waals surface area (Å²) in [6.07, 6.45) is 2.49. The maximum absolute atomic E-state index is 10.4. The van der Waals surface area contributed by atoms with Crippen LogP contribution in [0.3, 0.4) is 0 Å². The molecule has 1 N–H and O–H groups in total. The van der Waals surface area contributed by atoms with Crippen LogP contribution in [-0.2, 0) is 9.53 Å². The highest BCUT2D eigenvalue weighted by Crippen LogP contribution is 2.18. The van der Waals surface area contributed by atoms with Crippen LogP contribution in [0, 0.1) is 0 Å². The Morgan fingerprint density at radius 3 is 3.00 bits per heavy atom. The Labute approximate surface area is 59.3 Å². The van der Waals surface area contributed by atoms with Gasteiger partial charge in [-0.2, -0.15) is 0 Å². The Morgan fingerprint density at radius 2 is 2.60 bits per heavy atom. The van der Waals surface area contributed by atoms with Crippen LogP contribution in [-0.4, -0.2) is 17.2 Å². The Kier molecular flexibility index (Phi) is 2.06. The second-order valence-electron chi connectivity index (χ2n) is 2.33. The minimum atomic E-state index is -0.422. The Balaban J connectivity index is 2.43. The number of aliphatic hydroxyl groups is 1. The monoisotopic (exact) mass is 142 g/mol. The highest BCUT2D eigenvalue weighted by molar-refractivity contribution is 5.67. The first-order valence-electron chi connectivity index (χ1n) is 3.25. The van der Waals surface area contributed by atoms with Gasteiger partial charge < -0.3 is 9.84 Å². The quantitative estimate of drug-likeness (QED) is 0.545. The van der Waals surface area contributed by atoms with Crippen LogP contribution in [0.5, 0.6) is 0 Å². The van der Waals surface area contributed by atoms with E-state index in [0.29, 0.717) is 18.6 Å². The van der Waals surface area contributed by atoms with Gasteiger partial charge in [0.1, 0.15) is 5.76 Å². The number of esters is 1. The molecule has 1 atom stereocenters. The third kappa shape index (κ3) is 1.84. The maximum Gasteiger partial charge on any atom is 0.307 e. The molecule has 0 amide bonds. The van der Waals surface area contributed by atoms with E-state index in [2.05, 4.69) is 0 Å². The van der Waals surface area contributed by atoms with Crippen molar-refractivity contribution >= 4 is 5.97 Å². The largest absolute Gasteiger partial charge is 0.432 e. The molecule has 0 saturated heterocycles. The normalized spacial score (nSPS) is 24.2. The molecule has 0 fully saturated rings. The second-order valence-corrected chi connectivity index (χ2v) is 2.33. The summed E-state index contributed by atoms with van der Waals surface area (Å²) in [5.74, 6) is 0.278. The summed E-state index contributed by atoms with van der Waals surface area (Å²) in [7, 11) is 0. The predicted octanol–water partition coefficient (Wildman–Crippen LogP) is 0.588. The summed E-state index contributed by atoms with van der Waals surface area (Å²) >= 11 is 0. The van der Waals surface area contributed by atoms with Gasteiger partial charge in [-0.25, -0.2) is 0 Å². The van der Waals surface area contributed by atoms with Crippen molar-refractivity contribution in [2.24, 2.45) is 0 Å². The van der Waals surface area contributed by atoms with Gasteiger partial charge in [-0.1, -0.05) is 0 Å². The van der Waals surface area contributed by atoms with E-state index in [0.717, 1.165) is 0 Å². The maximum atomic E-state index is 10.4. The third-order valence-electron chi connectivity index (χ3n) is 1.34. The lowest BCUT2D eigenvalue weighted by molar-refractivity contribution is -0.136. The van der Waals surface area contributed by atoms with Gasteiger partial charge in [0.05, 0.1) is 6.10 Å². The number of hydrogen-bond donors (Lipinski definition) is 1. The molecular weight excluding hydrogens is 132 g/mol. The zero-order valence-electron chi connectivity index (χ0n) is 5.83. The molecule has 10 heavy (non-hydrogen) atoms. The van der Waals surface area contributed by atoms with Gasteiger partial charge in [-0.05, 0) is 12.5 Å². The third-order valence-corrected chi connectivity index (χ3v) is 1.34. The molecule has 0 bridgehead atoms. The standard InChI is InChI=1S/C7H10O3/c1-5(8)10-7-3-2-6(9)4-7/h4,6,9H,2-3H2,1H3/t6-/m0/s1. The number of aliphatic hydroxyl groups excluding tert-OH is 1. The number of ether oxygens (including phenoxy) is 1. The van der Waals surface area contributed by atoms with Crippen molar-refractivity contribution in [1.29, 1.82) is 0 Å². The predicted molar refractivity (Wildman–Crippen MR) is 35.1 cm³/mol.